The first-order valence-corrected chi connectivity index (χ1v) is 1.91. The Hall–Kier alpha value is -1.24. The zero-order valence-electron chi connectivity index (χ0n) is 4.82. The summed E-state index contributed by atoms with van der Waals surface area (Å²) in [6.45, 7) is 4.00. The van der Waals surface area contributed by atoms with Crippen LogP contribution in [0.3, 0.4) is 0 Å². The van der Waals surface area contributed by atoms with Crippen molar-refractivity contribution in [3.8, 4) is 0 Å². The highest BCUT2D eigenvalue weighted by molar-refractivity contribution is 5.26. The average molecular weight is 180 g/mol. The van der Waals surface area contributed by atoms with Crippen LogP contribution in [0.25, 0.3) is 0 Å². The molecule has 12 heavy (non-hydrogen) atoms. The molecule has 0 aromatic heterocycles. The fraction of sp³-hybridized carbons (Fsp3) is 0.750. The van der Waals surface area contributed by atoms with E-state index in [1.165, 1.54) is 0 Å². The molecule has 0 saturated carbocycles. The minimum atomic E-state index is 0. The highest BCUT2D eigenvalue weighted by Crippen LogP contribution is 1.14. The first-order valence-electron chi connectivity index (χ1n) is 1.91. The van der Waals surface area contributed by atoms with E-state index in [4.69, 9.17) is 20.4 Å². The van der Waals surface area contributed by atoms with Crippen molar-refractivity contribution in [2.45, 2.75) is 43.6 Å². The van der Waals surface area contributed by atoms with Gasteiger partial charge in [-0.25, -0.2) is 20.4 Å². The quantitative estimate of drug-likeness (QED) is 0.442. The Bertz CT molecular complexity index is 69.1. The molecule has 78 valence electrons. The first kappa shape index (κ1) is 72.5. The molecular weight excluding hydrogens is 156 g/mol. The van der Waals surface area contributed by atoms with Gasteiger partial charge in [0.1, 0.15) is 0 Å². The summed E-state index contributed by atoms with van der Waals surface area (Å²) in [7, 11) is 0. The number of carbonyl (C=O) groups excluding carboxylic acids is 2. The van der Waals surface area contributed by atoms with E-state index >= 15 is 0 Å². The molecule has 0 aliphatic carbocycles. The number of hydrogen-bond acceptors (Lipinski definition) is 4. The minimum absolute atomic E-state index is 0. The van der Waals surface area contributed by atoms with E-state index < -0.39 is 0 Å². The Morgan fingerprint density at radius 1 is 0.750 bits per heavy atom. The van der Waals surface area contributed by atoms with Crippen molar-refractivity contribution in [1.82, 2.24) is 0 Å². The Balaban J connectivity index is -0.00000000544. The molecule has 0 aliphatic heterocycles. The molecule has 4 heteroatoms. The molecule has 0 rings (SSSR count). The fourth-order valence-corrected chi connectivity index (χ4v) is 0. The molecule has 0 heterocycles. The summed E-state index contributed by atoms with van der Waals surface area (Å²) in [4.78, 5) is 16.7. The van der Waals surface area contributed by atoms with Gasteiger partial charge in [0.05, 0.1) is 0 Å². The van der Waals surface area contributed by atoms with E-state index in [2.05, 4.69) is 0 Å². The summed E-state index contributed by atoms with van der Waals surface area (Å²) in [6, 6.07) is 0. The molecule has 0 unspecified atom stereocenters. The molecule has 0 fully saturated rings. The molecule has 0 amide bonds. The van der Waals surface area contributed by atoms with Crippen LogP contribution in [0.5, 0.6) is 0 Å². The Morgan fingerprint density at radius 2 is 0.750 bits per heavy atom. The maximum absolute atomic E-state index is 8.35. The van der Waals surface area contributed by atoms with Gasteiger partial charge in [0.15, 0.2) is 0 Å². The zero-order chi connectivity index (χ0) is 7.41. The zero-order valence-corrected chi connectivity index (χ0v) is 4.82. The smallest absolute Gasteiger partial charge is 0.222 e. The number of hydrogen-bond donors (Lipinski definition) is 2. The lowest BCUT2D eigenvalue weighted by Gasteiger charge is -1.07. The molecule has 0 aromatic carbocycles. The van der Waals surface area contributed by atoms with Gasteiger partial charge in [-0.15, -0.1) is 0 Å². The van der Waals surface area contributed by atoms with Crippen LogP contribution in [0.2, 0.25) is 0 Å². The molecular formula is C8H24N2O2. The summed E-state index contributed by atoms with van der Waals surface area (Å²) >= 11 is 0. The lowest BCUT2D eigenvalue weighted by atomic mass is 11.0. The van der Waals surface area contributed by atoms with Crippen molar-refractivity contribution in [2.24, 2.45) is 0 Å². The van der Waals surface area contributed by atoms with Gasteiger partial charge >= 0.3 is 0 Å². The van der Waals surface area contributed by atoms with Crippen molar-refractivity contribution >= 4 is 12.2 Å². The second-order valence-corrected chi connectivity index (χ2v) is 0.204. The molecule has 0 bridgehead atoms. The largest absolute Gasteiger partial charge is 0.231 e. The van der Waals surface area contributed by atoms with Gasteiger partial charge in [-0.1, -0.05) is 43.6 Å². The summed E-state index contributed by atoms with van der Waals surface area (Å²) in [5, 5.41) is 10.8. The summed E-state index contributed by atoms with van der Waals surface area (Å²) < 4.78 is 0. The van der Waals surface area contributed by atoms with Crippen molar-refractivity contribution in [3.63, 3.8) is 0 Å². The topological polar surface area (TPSA) is 81.8 Å². The third-order valence-corrected chi connectivity index (χ3v) is 0. The first-order chi connectivity index (χ1) is 3.83. The van der Waals surface area contributed by atoms with Crippen LogP contribution in [-0.4, -0.2) is 12.2 Å². The van der Waals surface area contributed by atoms with Crippen LogP contribution in [0.1, 0.15) is 43.6 Å². The molecule has 0 aliphatic rings. The van der Waals surface area contributed by atoms with Crippen LogP contribution in [0.4, 0.5) is 0 Å². The van der Waals surface area contributed by atoms with Gasteiger partial charge in [0, 0.05) is 0 Å². The molecule has 0 radical (unpaired) electrons. The van der Waals surface area contributed by atoms with Crippen LogP contribution < -0.4 is 0 Å². The molecule has 0 aromatic rings. The summed E-state index contributed by atoms with van der Waals surface area (Å²) in [5.41, 5.74) is 0. The minimum Gasteiger partial charge on any atom is -0.222 e. The maximum Gasteiger partial charge on any atom is 0.231 e. The molecule has 0 spiro atoms. The number of rotatable bonds is 0. The Kier molecular flexibility index (Phi) is 7830. The normalized spacial score (nSPS) is 1.83. The van der Waals surface area contributed by atoms with Gasteiger partial charge in [-0.2, -0.15) is 0 Å². The number of isocyanates is 2. The van der Waals surface area contributed by atoms with Crippen molar-refractivity contribution in [1.29, 1.82) is 10.8 Å². The lowest BCUT2D eigenvalue weighted by Crippen LogP contribution is -1.16. The van der Waals surface area contributed by atoms with Crippen molar-refractivity contribution in [2.75, 3.05) is 0 Å². The molecule has 4 nitrogen and oxygen atoms in total. The van der Waals surface area contributed by atoms with Gasteiger partial charge in [0.2, 0.25) is 12.2 Å². The van der Waals surface area contributed by atoms with Crippen LogP contribution >= 0.6 is 0 Å². The van der Waals surface area contributed by atoms with E-state index in [0.29, 0.717) is 0 Å². The highest BCUT2D eigenvalue weighted by atomic mass is 16.1. The second-order valence-electron chi connectivity index (χ2n) is 0.204. The fourth-order valence-electron chi connectivity index (χ4n) is 0. The Morgan fingerprint density at radius 3 is 0.750 bits per heavy atom. The Labute approximate surface area is 77.0 Å². The van der Waals surface area contributed by atoms with Crippen LogP contribution in [0, 0.1) is 10.8 Å². The average Bonchev–Trinajstić information content (AvgIpc) is 1.75. The highest BCUT2D eigenvalue weighted by Gasteiger charge is 1.04. The van der Waals surface area contributed by atoms with E-state index in [1.807, 2.05) is 13.8 Å². The molecule has 0 saturated heterocycles. The van der Waals surface area contributed by atoms with Gasteiger partial charge < -0.3 is 0 Å². The lowest BCUT2D eigenvalue weighted by molar-refractivity contribution is 0.562. The van der Waals surface area contributed by atoms with Crippen molar-refractivity contribution in [3.05, 3.63) is 0 Å². The predicted molar refractivity (Wildman–Crippen MR) is 55.1 cm³/mol. The molecule has 2 N–H and O–H groups in total. The summed E-state index contributed by atoms with van der Waals surface area (Å²) in [5.74, 6) is 0. The second kappa shape index (κ2) is 1300. The van der Waals surface area contributed by atoms with Crippen LogP contribution in [-0.2, 0) is 9.59 Å². The maximum atomic E-state index is 8.35. The number of nitrogens with one attached hydrogen (secondary N) is 2. The predicted octanol–water partition coefficient (Wildman–Crippen LogP) is 3.37. The monoisotopic (exact) mass is 180 g/mol. The third kappa shape index (κ3) is 343. The summed E-state index contributed by atoms with van der Waals surface area (Å²) in [6.07, 6.45) is 1.50. The van der Waals surface area contributed by atoms with Gasteiger partial charge in [-0.05, 0) is 0 Å². The molecule has 0 atom stereocenters. The van der Waals surface area contributed by atoms with E-state index in [9.17, 15) is 0 Å². The van der Waals surface area contributed by atoms with E-state index in [-0.39, 0.29) is 29.7 Å². The van der Waals surface area contributed by atoms with E-state index in [0.717, 1.165) is 12.2 Å². The third-order valence-electron chi connectivity index (χ3n) is 0. The van der Waals surface area contributed by atoms with Gasteiger partial charge in [-0.3, -0.25) is 0 Å². The van der Waals surface area contributed by atoms with E-state index in [1.54, 1.807) is 0 Å². The standard InChI is InChI=1S/C2H6.2CHNO.4CH4/c1-2;2*2-1-3;;;;/h1-2H3;2*2H;4*1H4. The SMILES string of the molecule is C.C.C.C.CC.N=C=O.N=C=O. The van der Waals surface area contributed by atoms with Gasteiger partial charge in [0.25, 0.3) is 0 Å². The van der Waals surface area contributed by atoms with Crippen LogP contribution in [0.15, 0.2) is 0 Å². The van der Waals surface area contributed by atoms with Crippen molar-refractivity contribution < 1.29 is 9.59 Å².